The Balaban J connectivity index is 3.94. The van der Waals surface area contributed by atoms with Crippen LogP contribution in [0.3, 0.4) is 0 Å². The molecule has 0 amide bonds. The van der Waals surface area contributed by atoms with Crippen molar-refractivity contribution in [2.45, 2.75) is 13.8 Å². The Morgan fingerprint density at radius 3 is 2.58 bits per heavy atom. The van der Waals surface area contributed by atoms with E-state index in [1.165, 1.54) is 6.08 Å². The highest BCUT2D eigenvalue weighted by Gasteiger charge is 2.09. The molecule has 0 aliphatic carbocycles. The highest BCUT2D eigenvalue weighted by atomic mass is 16.5. The Morgan fingerprint density at radius 2 is 2.17 bits per heavy atom. The van der Waals surface area contributed by atoms with Gasteiger partial charge in [0.2, 0.25) is 0 Å². The summed E-state index contributed by atoms with van der Waals surface area (Å²) in [6.45, 7) is 3.59. The highest BCUT2D eigenvalue weighted by Crippen LogP contribution is 1.99. The second-order valence-corrected chi connectivity index (χ2v) is 2.24. The van der Waals surface area contributed by atoms with Gasteiger partial charge in [-0.25, -0.2) is 4.79 Å². The Morgan fingerprint density at radius 1 is 1.58 bits per heavy atom. The van der Waals surface area contributed by atoms with Crippen LogP contribution >= 0.6 is 0 Å². The third kappa shape index (κ3) is 4.49. The summed E-state index contributed by atoms with van der Waals surface area (Å²) in [4.78, 5) is 20.9. The fourth-order valence-corrected chi connectivity index (χ4v) is 0.579. The monoisotopic (exact) mass is 172 g/mol. The SMILES string of the molecule is CCOC(=O)C(C)C=CC(=O)O. The number of ether oxygens (including phenoxy) is 1. The van der Waals surface area contributed by atoms with Gasteiger partial charge in [0.15, 0.2) is 0 Å². The van der Waals surface area contributed by atoms with E-state index in [0.29, 0.717) is 6.61 Å². The van der Waals surface area contributed by atoms with Crippen LogP contribution in [-0.2, 0) is 14.3 Å². The number of carboxylic acid groups (broad SMARTS) is 1. The highest BCUT2D eigenvalue weighted by molar-refractivity contribution is 5.82. The normalized spacial score (nSPS) is 12.8. The molecule has 0 aliphatic heterocycles. The number of carbonyl (C=O) groups is 2. The molecule has 0 bridgehead atoms. The van der Waals surface area contributed by atoms with Gasteiger partial charge in [0.25, 0.3) is 0 Å². The van der Waals surface area contributed by atoms with Gasteiger partial charge in [0, 0.05) is 6.08 Å². The first-order chi connectivity index (χ1) is 5.57. The maximum absolute atomic E-state index is 10.9. The predicted molar refractivity (Wildman–Crippen MR) is 42.6 cm³/mol. The van der Waals surface area contributed by atoms with Gasteiger partial charge in [-0.15, -0.1) is 0 Å². The van der Waals surface area contributed by atoms with Gasteiger partial charge in [-0.1, -0.05) is 6.08 Å². The molecule has 1 unspecified atom stereocenters. The Kier molecular flexibility index (Phi) is 4.76. The largest absolute Gasteiger partial charge is 0.478 e. The summed E-state index contributed by atoms with van der Waals surface area (Å²) in [5, 5.41) is 8.24. The van der Waals surface area contributed by atoms with E-state index < -0.39 is 17.9 Å². The zero-order valence-electron chi connectivity index (χ0n) is 7.11. The van der Waals surface area contributed by atoms with Gasteiger partial charge in [-0.05, 0) is 13.8 Å². The van der Waals surface area contributed by atoms with Crippen molar-refractivity contribution < 1.29 is 19.4 Å². The number of rotatable bonds is 4. The van der Waals surface area contributed by atoms with E-state index in [9.17, 15) is 9.59 Å². The van der Waals surface area contributed by atoms with Gasteiger partial charge in [0.1, 0.15) is 0 Å². The van der Waals surface area contributed by atoms with Crippen molar-refractivity contribution in [2.75, 3.05) is 6.61 Å². The maximum atomic E-state index is 10.9. The first-order valence-corrected chi connectivity index (χ1v) is 3.65. The summed E-state index contributed by atoms with van der Waals surface area (Å²) in [7, 11) is 0. The van der Waals surface area contributed by atoms with E-state index in [1.54, 1.807) is 13.8 Å². The lowest BCUT2D eigenvalue weighted by Gasteiger charge is -2.03. The molecule has 0 heterocycles. The molecule has 68 valence electrons. The van der Waals surface area contributed by atoms with Crippen molar-refractivity contribution in [1.82, 2.24) is 0 Å². The molecule has 0 aromatic rings. The first kappa shape index (κ1) is 10.7. The third-order valence-corrected chi connectivity index (χ3v) is 1.19. The van der Waals surface area contributed by atoms with Crippen molar-refractivity contribution in [3.05, 3.63) is 12.2 Å². The van der Waals surface area contributed by atoms with Crippen molar-refractivity contribution in [2.24, 2.45) is 5.92 Å². The van der Waals surface area contributed by atoms with Crippen LogP contribution in [0, 0.1) is 5.92 Å². The first-order valence-electron chi connectivity index (χ1n) is 3.65. The third-order valence-electron chi connectivity index (χ3n) is 1.19. The van der Waals surface area contributed by atoms with E-state index in [1.807, 2.05) is 0 Å². The molecule has 1 N–H and O–H groups in total. The molecule has 0 aliphatic rings. The number of carbonyl (C=O) groups excluding carboxylic acids is 1. The molecule has 0 aromatic heterocycles. The Labute approximate surface area is 70.8 Å². The van der Waals surface area contributed by atoms with E-state index in [4.69, 9.17) is 5.11 Å². The zero-order chi connectivity index (χ0) is 9.56. The second kappa shape index (κ2) is 5.35. The second-order valence-electron chi connectivity index (χ2n) is 2.24. The summed E-state index contributed by atoms with van der Waals surface area (Å²) in [6, 6.07) is 0. The molecule has 0 radical (unpaired) electrons. The van der Waals surface area contributed by atoms with Crippen molar-refractivity contribution in [3.8, 4) is 0 Å². The predicted octanol–water partition coefficient (Wildman–Crippen LogP) is 0.826. The molecule has 4 nitrogen and oxygen atoms in total. The molecule has 0 spiro atoms. The van der Waals surface area contributed by atoms with Gasteiger partial charge < -0.3 is 9.84 Å². The van der Waals surface area contributed by atoms with Crippen LogP contribution in [0.5, 0.6) is 0 Å². The van der Waals surface area contributed by atoms with E-state index in [-0.39, 0.29) is 0 Å². The summed E-state index contributed by atoms with van der Waals surface area (Å²) in [6.07, 6.45) is 2.22. The lowest BCUT2D eigenvalue weighted by Crippen LogP contribution is -2.12. The summed E-state index contributed by atoms with van der Waals surface area (Å²) < 4.78 is 4.65. The van der Waals surface area contributed by atoms with E-state index in [2.05, 4.69) is 4.74 Å². The molecule has 12 heavy (non-hydrogen) atoms. The number of esters is 1. The molecule has 0 aromatic carbocycles. The van der Waals surface area contributed by atoms with E-state index in [0.717, 1.165) is 6.08 Å². The zero-order valence-corrected chi connectivity index (χ0v) is 7.11. The van der Waals surface area contributed by atoms with Crippen LogP contribution in [-0.4, -0.2) is 23.7 Å². The van der Waals surface area contributed by atoms with E-state index >= 15 is 0 Å². The molecule has 0 fully saturated rings. The van der Waals surface area contributed by atoms with Crippen LogP contribution < -0.4 is 0 Å². The fourth-order valence-electron chi connectivity index (χ4n) is 0.579. The van der Waals surface area contributed by atoms with Crippen LogP contribution in [0.4, 0.5) is 0 Å². The van der Waals surface area contributed by atoms with Crippen LogP contribution in [0.15, 0.2) is 12.2 Å². The topological polar surface area (TPSA) is 63.6 Å². The number of hydrogen-bond donors (Lipinski definition) is 1. The van der Waals surface area contributed by atoms with Crippen molar-refractivity contribution >= 4 is 11.9 Å². The summed E-state index contributed by atoms with van der Waals surface area (Å²) >= 11 is 0. The average Bonchev–Trinajstić information content (AvgIpc) is 2.00. The maximum Gasteiger partial charge on any atom is 0.328 e. The quantitative estimate of drug-likeness (QED) is 0.503. The molecular weight excluding hydrogens is 160 g/mol. The molecular formula is C8H12O4. The standard InChI is InChI=1S/C8H12O4/c1-3-12-8(11)6(2)4-5-7(9)10/h4-6H,3H2,1-2H3,(H,9,10). The Bertz CT molecular complexity index is 195. The summed E-state index contributed by atoms with van der Waals surface area (Å²) in [5.41, 5.74) is 0. The minimum atomic E-state index is -1.06. The van der Waals surface area contributed by atoms with Gasteiger partial charge in [-0.2, -0.15) is 0 Å². The lowest BCUT2D eigenvalue weighted by molar-refractivity contribution is -0.145. The number of hydrogen-bond acceptors (Lipinski definition) is 3. The average molecular weight is 172 g/mol. The fraction of sp³-hybridized carbons (Fsp3) is 0.500. The number of aliphatic carboxylic acids is 1. The van der Waals surface area contributed by atoms with Gasteiger partial charge in [0.05, 0.1) is 12.5 Å². The molecule has 0 saturated heterocycles. The Hall–Kier alpha value is -1.32. The minimum Gasteiger partial charge on any atom is -0.478 e. The van der Waals surface area contributed by atoms with Crippen LogP contribution in [0.1, 0.15) is 13.8 Å². The van der Waals surface area contributed by atoms with Crippen LogP contribution in [0.25, 0.3) is 0 Å². The van der Waals surface area contributed by atoms with Crippen molar-refractivity contribution in [1.29, 1.82) is 0 Å². The molecule has 0 rings (SSSR count). The van der Waals surface area contributed by atoms with Crippen molar-refractivity contribution in [3.63, 3.8) is 0 Å². The molecule has 1 atom stereocenters. The van der Waals surface area contributed by atoms with Crippen LogP contribution in [0.2, 0.25) is 0 Å². The number of carboxylic acids is 1. The summed E-state index contributed by atoms with van der Waals surface area (Å²) in [5.74, 6) is -1.97. The van der Waals surface area contributed by atoms with Gasteiger partial charge >= 0.3 is 11.9 Å². The minimum absolute atomic E-state index is 0.310. The molecule has 4 heteroatoms. The smallest absolute Gasteiger partial charge is 0.328 e. The lowest BCUT2D eigenvalue weighted by atomic mass is 10.2. The molecule has 0 saturated carbocycles. The van der Waals surface area contributed by atoms with Gasteiger partial charge in [-0.3, -0.25) is 4.79 Å².